The van der Waals surface area contributed by atoms with Gasteiger partial charge < -0.3 is 0 Å². The van der Waals surface area contributed by atoms with E-state index in [0.717, 1.165) is 35.5 Å². The predicted octanol–water partition coefficient (Wildman–Crippen LogP) is 9.18. The number of hydrogen-bond donors (Lipinski definition) is 0. The smallest absolute Gasteiger partial charge is 0.0411 e. The van der Waals surface area contributed by atoms with Gasteiger partial charge >= 0.3 is 0 Å². The van der Waals surface area contributed by atoms with Gasteiger partial charge in [-0.2, -0.15) is 0 Å². The van der Waals surface area contributed by atoms with Gasteiger partial charge in [0.05, 0.1) is 0 Å². The van der Waals surface area contributed by atoms with Crippen LogP contribution in [0.3, 0.4) is 0 Å². The van der Waals surface area contributed by atoms with E-state index in [1.807, 2.05) is 0 Å². The summed E-state index contributed by atoms with van der Waals surface area (Å²) in [6.45, 7) is 4.71. The molecule has 0 heteroatoms. The molecule has 0 spiro atoms. The van der Waals surface area contributed by atoms with Gasteiger partial charge in [0, 0.05) is 0 Å². The van der Waals surface area contributed by atoms with E-state index in [4.69, 9.17) is 0 Å². The minimum absolute atomic E-state index is 1.08. The maximum absolute atomic E-state index is 2.36. The topological polar surface area (TPSA) is 0 Å². The molecule has 3 aliphatic carbocycles. The number of unbranched alkanes of at least 4 members (excludes halogenated alkanes) is 1. The molecular formula is C27H50. The molecule has 0 unspecified atom stereocenters. The van der Waals surface area contributed by atoms with Crippen molar-refractivity contribution in [3.05, 3.63) is 0 Å². The largest absolute Gasteiger partial charge is 0.0654 e. The van der Waals surface area contributed by atoms with E-state index in [9.17, 15) is 0 Å². The molecule has 0 aromatic rings. The molecule has 0 N–H and O–H groups in total. The maximum atomic E-state index is 2.36. The van der Waals surface area contributed by atoms with Crippen molar-refractivity contribution in [3.63, 3.8) is 0 Å². The Labute approximate surface area is 171 Å². The highest BCUT2D eigenvalue weighted by Crippen LogP contribution is 2.42. The number of rotatable bonds is 9. The van der Waals surface area contributed by atoms with Crippen LogP contribution in [0.1, 0.15) is 136 Å². The van der Waals surface area contributed by atoms with Crippen molar-refractivity contribution < 1.29 is 0 Å². The molecule has 0 heterocycles. The maximum Gasteiger partial charge on any atom is -0.0411 e. The lowest BCUT2D eigenvalue weighted by Gasteiger charge is -2.36. The Balaban J connectivity index is 1.26. The van der Waals surface area contributed by atoms with Gasteiger partial charge in [-0.1, -0.05) is 123 Å². The van der Waals surface area contributed by atoms with Gasteiger partial charge in [-0.3, -0.25) is 0 Å². The molecule has 0 aromatic carbocycles. The summed E-state index contributed by atoms with van der Waals surface area (Å²) in [6.07, 6.45) is 29.2. The van der Waals surface area contributed by atoms with Crippen LogP contribution in [0, 0.1) is 35.5 Å². The van der Waals surface area contributed by atoms with Crippen LogP contribution < -0.4 is 0 Å². The molecule has 0 bridgehead atoms. The van der Waals surface area contributed by atoms with Crippen LogP contribution in [0.2, 0.25) is 0 Å². The zero-order valence-electron chi connectivity index (χ0n) is 18.9. The van der Waals surface area contributed by atoms with Gasteiger partial charge in [-0.15, -0.1) is 0 Å². The Bertz CT molecular complexity index is 361. The normalized spacial score (nSPS) is 38.0. The third-order valence-corrected chi connectivity index (χ3v) is 8.90. The van der Waals surface area contributed by atoms with Crippen LogP contribution in [-0.4, -0.2) is 0 Å². The summed E-state index contributed by atoms with van der Waals surface area (Å²) >= 11 is 0. The van der Waals surface area contributed by atoms with Crippen molar-refractivity contribution in [2.75, 3.05) is 0 Å². The lowest BCUT2D eigenvalue weighted by atomic mass is 9.70. The fourth-order valence-corrected chi connectivity index (χ4v) is 7.06. The number of hydrogen-bond acceptors (Lipinski definition) is 0. The fraction of sp³-hybridized carbons (Fsp3) is 1.00. The SMILES string of the molecule is CCCCC1CCC(C[C@H]2CC[C@H](CC3CCC(CCC)CC3)CC2)CC1. The van der Waals surface area contributed by atoms with Crippen molar-refractivity contribution in [1.82, 2.24) is 0 Å². The van der Waals surface area contributed by atoms with Gasteiger partial charge in [-0.25, -0.2) is 0 Å². The van der Waals surface area contributed by atoms with Gasteiger partial charge in [0.15, 0.2) is 0 Å². The Morgan fingerprint density at radius 1 is 0.407 bits per heavy atom. The highest BCUT2D eigenvalue weighted by Gasteiger charge is 2.29. The average molecular weight is 375 g/mol. The van der Waals surface area contributed by atoms with Gasteiger partial charge in [0.2, 0.25) is 0 Å². The Kier molecular flexibility index (Phi) is 9.54. The molecule has 0 nitrogen and oxygen atoms in total. The highest BCUT2D eigenvalue weighted by molar-refractivity contribution is 4.81. The van der Waals surface area contributed by atoms with E-state index in [1.165, 1.54) is 32.1 Å². The van der Waals surface area contributed by atoms with Crippen LogP contribution in [0.4, 0.5) is 0 Å². The standard InChI is InChI=1S/C27H50/c1-3-5-7-23-10-14-25(15-11-23)21-27-18-16-26(17-19-27)20-24-12-8-22(6-4-2)9-13-24/h22-27H,3-21H2,1-2H3/t22?,23?,24?,25?,26-,27-. The van der Waals surface area contributed by atoms with E-state index in [1.54, 1.807) is 89.9 Å². The van der Waals surface area contributed by atoms with Crippen LogP contribution >= 0.6 is 0 Å². The molecule has 0 aromatic heterocycles. The molecule has 3 saturated carbocycles. The minimum Gasteiger partial charge on any atom is -0.0654 e. The summed E-state index contributed by atoms with van der Waals surface area (Å²) in [5.74, 6) is 6.55. The Hall–Kier alpha value is 0. The summed E-state index contributed by atoms with van der Waals surface area (Å²) in [4.78, 5) is 0. The molecule has 27 heavy (non-hydrogen) atoms. The van der Waals surface area contributed by atoms with E-state index in [-0.39, 0.29) is 0 Å². The average Bonchev–Trinajstić information content (AvgIpc) is 2.71. The minimum atomic E-state index is 1.08. The molecule has 0 atom stereocenters. The second kappa shape index (κ2) is 11.9. The second-order valence-electron chi connectivity index (χ2n) is 11.1. The molecule has 0 saturated heterocycles. The van der Waals surface area contributed by atoms with E-state index >= 15 is 0 Å². The molecule has 0 amide bonds. The van der Waals surface area contributed by atoms with Gasteiger partial charge in [-0.05, 0) is 48.3 Å². The first kappa shape index (κ1) is 21.7. The third-order valence-electron chi connectivity index (χ3n) is 8.90. The van der Waals surface area contributed by atoms with Crippen molar-refractivity contribution in [2.24, 2.45) is 35.5 Å². The summed E-state index contributed by atoms with van der Waals surface area (Å²) in [5, 5.41) is 0. The van der Waals surface area contributed by atoms with Gasteiger partial charge in [0.25, 0.3) is 0 Å². The quantitative estimate of drug-likeness (QED) is 0.377. The molecule has 0 aliphatic heterocycles. The van der Waals surface area contributed by atoms with E-state index < -0.39 is 0 Å². The molecule has 158 valence electrons. The highest BCUT2D eigenvalue weighted by atomic mass is 14.3. The molecular weight excluding hydrogens is 324 g/mol. The lowest BCUT2D eigenvalue weighted by molar-refractivity contribution is 0.161. The van der Waals surface area contributed by atoms with Crippen LogP contribution in [0.25, 0.3) is 0 Å². The summed E-state index contributed by atoms with van der Waals surface area (Å²) in [5.41, 5.74) is 0. The first-order chi connectivity index (χ1) is 13.3. The molecule has 3 aliphatic rings. The van der Waals surface area contributed by atoms with E-state index in [0.29, 0.717) is 0 Å². The zero-order valence-corrected chi connectivity index (χ0v) is 18.9. The van der Waals surface area contributed by atoms with Gasteiger partial charge in [0.1, 0.15) is 0 Å². The van der Waals surface area contributed by atoms with Crippen molar-refractivity contribution in [3.8, 4) is 0 Å². The first-order valence-electron chi connectivity index (χ1n) is 13.3. The van der Waals surface area contributed by atoms with Crippen LogP contribution in [0.15, 0.2) is 0 Å². The van der Waals surface area contributed by atoms with Crippen LogP contribution in [-0.2, 0) is 0 Å². The summed E-state index contributed by atoms with van der Waals surface area (Å²) in [6, 6.07) is 0. The molecule has 3 rings (SSSR count). The Morgan fingerprint density at radius 2 is 0.741 bits per heavy atom. The van der Waals surface area contributed by atoms with Crippen molar-refractivity contribution >= 4 is 0 Å². The third kappa shape index (κ3) is 7.40. The Morgan fingerprint density at radius 3 is 1.07 bits per heavy atom. The predicted molar refractivity (Wildman–Crippen MR) is 120 cm³/mol. The molecule has 0 radical (unpaired) electrons. The lowest BCUT2D eigenvalue weighted by Crippen LogP contribution is -2.23. The van der Waals surface area contributed by atoms with Crippen LogP contribution in [0.5, 0.6) is 0 Å². The van der Waals surface area contributed by atoms with Crippen molar-refractivity contribution in [1.29, 1.82) is 0 Å². The summed E-state index contributed by atoms with van der Waals surface area (Å²) < 4.78 is 0. The van der Waals surface area contributed by atoms with E-state index in [2.05, 4.69) is 13.8 Å². The fourth-order valence-electron chi connectivity index (χ4n) is 7.06. The second-order valence-corrected chi connectivity index (χ2v) is 11.1. The van der Waals surface area contributed by atoms with Crippen molar-refractivity contribution in [2.45, 2.75) is 136 Å². The first-order valence-corrected chi connectivity index (χ1v) is 13.3. The monoisotopic (exact) mass is 374 g/mol. The zero-order chi connectivity index (χ0) is 18.9. The summed E-state index contributed by atoms with van der Waals surface area (Å²) in [7, 11) is 0. The molecule has 3 fully saturated rings.